The fourth-order valence-electron chi connectivity index (χ4n) is 2.17. The number of para-hydroxylation sites is 1. The van der Waals surface area contributed by atoms with Crippen molar-refractivity contribution in [2.24, 2.45) is 0 Å². The largest absolute Gasteiger partial charge is 0.375 e. The average Bonchev–Trinajstić information content (AvgIpc) is 2.51. The number of aromatic nitrogens is 1. The lowest BCUT2D eigenvalue weighted by atomic mass is 10.2. The molecule has 0 atom stereocenters. The summed E-state index contributed by atoms with van der Waals surface area (Å²) in [7, 11) is 2.09. The van der Waals surface area contributed by atoms with Gasteiger partial charge in [-0.1, -0.05) is 18.2 Å². The number of hydrogen-bond acceptors (Lipinski definition) is 4. The number of anilines is 2. The molecule has 4 heteroatoms. The van der Waals surface area contributed by atoms with Gasteiger partial charge >= 0.3 is 0 Å². The van der Waals surface area contributed by atoms with Crippen LogP contribution in [0.15, 0.2) is 42.5 Å². The van der Waals surface area contributed by atoms with E-state index in [0.29, 0.717) is 5.56 Å². The number of nitrogens with one attached hydrogen (secondary N) is 1. The molecule has 0 saturated carbocycles. The molecule has 0 unspecified atom stereocenters. The Morgan fingerprint density at radius 3 is 2.71 bits per heavy atom. The molecule has 0 radical (unpaired) electrons. The number of nitriles is 1. The van der Waals surface area contributed by atoms with Crippen LogP contribution in [0, 0.1) is 18.3 Å². The van der Waals surface area contributed by atoms with Crippen molar-refractivity contribution in [2.45, 2.75) is 13.3 Å². The zero-order valence-corrected chi connectivity index (χ0v) is 12.5. The van der Waals surface area contributed by atoms with Crippen molar-refractivity contribution in [2.75, 3.05) is 30.4 Å². The van der Waals surface area contributed by atoms with Crippen LogP contribution in [0.2, 0.25) is 0 Å². The average molecular weight is 280 g/mol. The minimum atomic E-state index is 0.645. The van der Waals surface area contributed by atoms with Gasteiger partial charge in [-0.05, 0) is 37.6 Å². The smallest absolute Gasteiger partial charge is 0.127 e. The Hall–Kier alpha value is -2.54. The van der Waals surface area contributed by atoms with Crippen LogP contribution in [-0.4, -0.2) is 25.1 Å². The molecule has 1 N–H and O–H groups in total. The van der Waals surface area contributed by atoms with Crippen molar-refractivity contribution in [3.8, 4) is 6.07 Å². The maximum absolute atomic E-state index is 8.94. The molecule has 0 spiro atoms. The van der Waals surface area contributed by atoms with E-state index in [-0.39, 0.29) is 0 Å². The van der Waals surface area contributed by atoms with Crippen LogP contribution < -0.4 is 10.2 Å². The Morgan fingerprint density at radius 1 is 1.24 bits per heavy atom. The van der Waals surface area contributed by atoms with Gasteiger partial charge in [0.25, 0.3) is 0 Å². The first-order chi connectivity index (χ1) is 10.2. The quantitative estimate of drug-likeness (QED) is 0.826. The summed E-state index contributed by atoms with van der Waals surface area (Å²) in [4.78, 5) is 6.61. The lowest BCUT2D eigenvalue weighted by Gasteiger charge is -2.19. The number of nitrogens with zero attached hydrogens (tertiary/aromatic N) is 3. The fourth-order valence-corrected chi connectivity index (χ4v) is 2.17. The second-order valence-electron chi connectivity index (χ2n) is 5.03. The fraction of sp³-hybridized carbons (Fsp3) is 0.294. The predicted octanol–water partition coefficient (Wildman–Crippen LogP) is 3.20. The molecule has 0 saturated heterocycles. The van der Waals surface area contributed by atoms with E-state index in [9.17, 15) is 0 Å². The Bertz CT molecular complexity index is 616. The Kier molecular flexibility index (Phi) is 5.16. The maximum Gasteiger partial charge on any atom is 0.127 e. The molecule has 0 aliphatic rings. The van der Waals surface area contributed by atoms with Crippen LogP contribution in [0.25, 0.3) is 0 Å². The van der Waals surface area contributed by atoms with Gasteiger partial charge in [-0.25, -0.2) is 4.98 Å². The second kappa shape index (κ2) is 7.30. The van der Waals surface area contributed by atoms with Gasteiger partial charge in [0, 0.05) is 31.5 Å². The predicted molar refractivity (Wildman–Crippen MR) is 86.5 cm³/mol. The molecular formula is C17H20N4. The number of hydrogen-bond donors (Lipinski definition) is 1. The van der Waals surface area contributed by atoms with Gasteiger partial charge in [0.05, 0.1) is 11.6 Å². The molecule has 0 aliphatic heterocycles. The van der Waals surface area contributed by atoms with Crippen molar-refractivity contribution in [3.05, 3.63) is 53.7 Å². The summed E-state index contributed by atoms with van der Waals surface area (Å²) in [5, 5.41) is 12.2. The van der Waals surface area contributed by atoms with Crippen molar-refractivity contribution in [1.29, 1.82) is 5.26 Å². The summed E-state index contributed by atoms with van der Waals surface area (Å²) < 4.78 is 0. The first kappa shape index (κ1) is 14.9. The topological polar surface area (TPSA) is 52.0 Å². The third kappa shape index (κ3) is 4.50. The summed E-state index contributed by atoms with van der Waals surface area (Å²) in [5.41, 5.74) is 2.72. The molecule has 108 valence electrons. The summed E-state index contributed by atoms with van der Waals surface area (Å²) in [6, 6.07) is 16.0. The molecule has 4 nitrogen and oxygen atoms in total. The Balaban J connectivity index is 1.80. The van der Waals surface area contributed by atoms with E-state index >= 15 is 0 Å². The third-order valence-corrected chi connectivity index (χ3v) is 3.26. The van der Waals surface area contributed by atoms with Gasteiger partial charge in [-0.3, -0.25) is 0 Å². The van der Waals surface area contributed by atoms with Crippen LogP contribution in [0.4, 0.5) is 11.5 Å². The van der Waals surface area contributed by atoms with Crippen molar-refractivity contribution in [3.63, 3.8) is 0 Å². The number of aryl methyl sites for hydroxylation is 1. The molecule has 0 aliphatic carbocycles. The standard InChI is InChI=1S/C17H20N4/c1-14-11-15(13-18)12-17(20-14)19-9-6-10-21(2)16-7-4-3-5-8-16/h3-5,7-8,11-12H,6,9-10H2,1-2H3,(H,19,20). The zero-order valence-electron chi connectivity index (χ0n) is 12.5. The van der Waals surface area contributed by atoms with Crippen molar-refractivity contribution in [1.82, 2.24) is 4.98 Å². The van der Waals surface area contributed by atoms with Crippen molar-refractivity contribution >= 4 is 11.5 Å². The van der Waals surface area contributed by atoms with Crippen LogP contribution in [-0.2, 0) is 0 Å². The number of pyridine rings is 1. The Morgan fingerprint density at radius 2 is 2.00 bits per heavy atom. The highest BCUT2D eigenvalue weighted by Gasteiger charge is 2.01. The van der Waals surface area contributed by atoms with Crippen LogP contribution in [0.3, 0.4) is 0 Å². The van der Waals surface area contributed by atoms with Gasteiger partial charge in [0.15, 0.2) is 0 Å². The highest BCUT2D eigenvalue weighted by Crippen LogP contribution is 2.12. The SMILES string of the molecule is Cc1cc(C#N)cc(NCCCN(C)c2ccccc2)n1. The van der Waals surface area contributed by atoms with Gasteiger partial charge in [-0.2, -0.15) is 5.26 Å². The zero-order chi connectivity index (χ0) is 15.1. The molecule has 2 rings (SSSR count). The summed E-state index contributed by atoms with van der Waals surface area (Å²) in [5.74, 6) is 0.772. The minimum absolute atomic E-state index is 0.645. The van der Waals surface area contributed by atoms with E-state index in [4.69, 9.17) is 5.26 Å². The van der Waals surface area contributed by atoms with E-state index in [1.807, 2.05) is 25.1 Å². The number of benzene rings is 1. The lowest BCUT2D eigenvalue weighted by molar-refractivity contribution is 0.814. The molecule has 2 aromatic rings. The highest BCUT2D eigenvalue weighted by molar-refractivity contribution is 5.45. The van der Waals surface area contributed by atoms with Gasteiger partial charge in [0.2, 0.25) is 0 Å². The van der Waals surface area contributed by atoms with E-state index in [2.05, 4.69) is 40.5 Å². The van der Waals surface area contributed by atoms with Crippen molar-refractivity contribution < 1.29 is 0 Å². The van der Waals surface area contributed by atoms with Gasteiger partial charge in [-0.15, -0.1) is 0 Å². The molecule has 0 fully saturated rings. The highest BCUT2D eigenvalue weighted by atomic mass is 15.1. The second-order valence-corrected chi connectivity index (χ2v) is 5.03. The molecule has 0 bridgehead atoms. The maximum atomic E-state index is 8.94. The first-order valence-electron chi connectivity index (χ1n) is 7.08. The van der Waals surface area contributed by atoms with Crippen LogP contribution in [0.5, 0.6) is 0 Å². The monoisotopic (exact) mass is 280 g/mol. The first-order valence-corrected chi connectivity index (χ1v) is 7.08. The molecule has 1 aromatic carbocycles. The van der Waals surface area contributed by atoms with E-state index in [1.54, 1.807) is 12.1 Å². The third-order valence-electron chi connectivity index (χ3n) is 3.26. The summed E-state index contributed by atoms with van der Waals surface area (Å²) in [6.07, 6.45) is 1.00. The molecular weight excluding hydrogens is 260 g/mol. The summed E-state index contributed by atoms with van der Waals surface area (Å²) in [6.45, 7) is 3.70. The van der Waals surface area contributed by atoms with Crippen LogP contribution in [0.1, 0.15) is 17.7 Å². The molecule has 1 heterocycles. The number of rotatable bonds is 6. The minimum Gasteiger partial charge on any atom is -0.375 e. The van der Waals surface area contributed by atoms with Crippen LogP contribution >= 0.6 is 0 Å². The lowest BCUT2D eigenvalue weighted by Crippen LogP contribution is -2.20. The van der Waals surface area contributed by atoms with E-state index < -0.39 is 0 Å². The Labute approximate surface area is 126 Å². The molecule has 1 aromatic heterocycles. The molecule has 21 heavy (non-hydrogen) atoms. The van der Waals surface area contributed by atoms with E-state index in [0.717, 1.165) is 31.0 Å². The molecule has 0 amide bonds. The van der Waals surface area contributed by atoms with Gasteiger partial charge < -0.3 is 10.2 Å². The van der Waals surface area contributed by atoms with E-state index in [1.165, 1.54) is 5.69 Å². The van der Waals surface area contributed by atoms with Gasteiger partial charge in [0.1, 0.15) is 5.82 Å². The summed E-state index contributed by atoms with van der Waals surface area (Å²) >= 11 is 0. The normalized spacial score (nSPS) is 9.95.